The number of ether oxygens (including phenoxy) is 1. The van der Waals surface area contributed by atoms with Crippen molar-refractivity contribution in [2.75, 3.05) is 7.11 Å². The van der Waals surface area contributed by atoms with E-state index in [4.69, 9.17) is 15.0 Å². The van der Waals surface area contributed by atoms with Gasteiger partial charge in [0.15, 0.2) is 5.82 Å². The summed E-state index contributed by atoms with van der Waals surface area (Å²) >= 11 is 3.47. The fourth-order valence-corrected chi connectivity index (χ4v) is 2.07. The van der Waals surface area contributed by atoms with E-state index in [1.54, 1.807) is 7.11 Å². The highest BCUT2D eigenvalue weighted by molar-refractivity contribution is 9.10. The first kappa shape index (κ1) is 15.0. The number of rotatable bonds is 3. The lowest BCUT2D eigenvalue weighted by atomic mass is 9.87. The first-order chi connectivity index (χ1) is 9.32. The second-order valence-electron chi connectivity index (χ2n) is 5.65. The molecule has 0 amide bonds. The van der Waals surface area contributed by atoms with E-state index in [1.165, 1.54) is 0 Å². The smallest absolute Gasteiger partial charge is 0.259 e. The highest BCUT2D eigenvalue weighted by Gasteiger charge is 2.27. The van der Waals surface area contributed by atoms with Crippen molar-refractivity contribution in [3.63, 3.8) is 0 Å². The lowest BCUT2D eigenvalue weighted by Gasteiger charge is -2.23. The number of benzene rings is 1. The van der Waals surface area contributed by atoms with E-state index < -0.39 is 0 Å². The quantitative estimate of drug-likeness (QED) is 0.925. The first-order valence-corrected chi connectivity index (χ1v) is 7.05. The molecular formula is C14H18BrN3O2. The Labute approximate surface area is 126 Å². The van der Waals surface area contributed by atoms with E-state index >= 15 is 0 Å². The Bertz CT molecular complexity index is 605. The van der Waals surface area contributed by atoms with E-state index in [1.807, 2.05) is 39.0 Å². The Hall–Kier alpha value is -1.40. The minimum Gasteiger partial charge on any atom is -0.497 e. The average molecular weight is 340 g/mol. The van der Waals surface area contributed by atoms with Gasteiger partial charge in [-0.25, -0.2) is 0 Å². The predicted molar refractivity (Wildman–Crippen MR) is 80.4 cm³/mol. The summed E-state index contributed by atoms with van der Waals surface area (Å²) in [5.74, 6) is 1.65. The number of methoxy groups -OCH3 is 1. The molecule has 2 N–H and O–H groups in total. The summed E-state index contributed by atoms with van der Waals surface area (Å²) in [6.07, 6.45) is 0. The van der Waals surface area contributed by atoms with Crippen molar-refractivity contribution in [3.05, 3.63) is 28.5 Å². The molecule has 0 fully saturated rings. The van der Waals surface area contributed by atoms with Crippen molar-refractivity contribution in [3.8, 4) is 17.2 Å². The molecule has 0 saturated heterocycles. The zero-order valence-electron chi connectivity index (χ0n) is 12.0. The number of hydrogen-bond acceptors (Lipinski definition) is 5. The minimum atomic E-state index is -0.288. The van der Waals surface area contributed by atoms with Gasteiger partial charge in [0.2, 0.25) is 0 Å². The van der Waals surface area contributed by atoms with Crippen molar-refractivity contribution < 1.29 is 9.26 Å². The van der Waals surface area contributed by atoms with Gasteiger partial charge in [0.05, 0.1) is 18.7 Å². The van der Waals surface area contributed by atoms with E-state index in [0.717, 1.165) is 15.8 Å². The highest BCUT2D eigenvalue weighted by Crippen LogP contribution is 2.33. The van der Waals surface area contributed by atoms with Crippen molar-refractivity contribution in [1.29, 1.82) is 0 Å². The maximum atomic E-state index is 6.14. The third-order valence-electron chi connectivity index (χ3n) is 3.06. The molecule has 6 heteroatoms. The monoisotopic (exact) mass is 339 g/mol. The first-order valence-electron chi connectivity index (χ1n) is 6.26. The van der Waals surface area contributed by atoms with E-state index in [2.05, 4.69) is 26.1 Å². The summed E-state index contributed by atoms with van der Waals surface area (Å²) in [5, 5.41) is 3.98. The molecule has 1 unspecified atom stereocenters. The van der Waals surface area contributed by atoms with Crippen LogP contribution in [0.2, 0.25) is 0 Å². The van der Waals surface area contributed by atoms with Crippen molar-refractivity contribution in [2.24, 2.45) is 11.1 Å². The van der Waals surface area contributed by atoms with E-state index in [0.29, 0.717) is 11.7 Å². The number of halogens is 1. The molecule has 1 aromatic heterocycles. The largest absolute Gasteiger partial charge is 0.497 e. The summed E-state index contributed by atoms with van der Waals surface area (Å²) in [4.78, 5) is 4.39. The summed E-state index contributed by atoms with van der Waals surface area (Å²) in [5.41, 5.74) is 6.79. The zero-order valence-corrected chi connectivity index (χ0v) is 13.6. The molecule has 0 bridgehead atoms. The molecule has 0 saturated carbocycles. The van der Waals surface area contributed by atoms with Gasteiger partial charge in [-0.3, -0.25) is 0 Å². The molecule has 0 radical (unpaired) electrons. The zero-order chi connectivity index (χ0) is 14.9. The number of nitrogens with zero attached hydrogens (tertiary/aromatic N) is 2. The number of aromatic nitrogens is 2. The van der Waals surface area contributed by atoms with Gasteiger partial charge in [-0.1, -0.05) is 25.9 Å². The lowest BCUT2D eigenvalue weighted by molar-refractivity contribution is 0.303. The average Bonchev–Trinajstić information content (AvgIpc) is 2.86. The van der Waals surface area contributed by atoms with Crippen LogP contribution in [0.5, 0.6) is 5.75 Å². The molecule has 1 atom stereocenters. The van der Waals surface area contributed by atoms with Crippen LogP contribution >= 0.6 is 15.9 Å². The molecular weight excluding hydrogens is 322 g/mol. The summed E-state index contributed by atoms with van der Waals surface area (Å²) in [6.45, 7) is 6.11. The van der Waals surface area contributed by atoms with Gasteiger partial charge in [0.25, 0.3) is 5.89 Å². The van der Waals surface area contributed by atoms with Crippen LogP contribution < -0.4 is 10.5 Å². The van der Waals surface area contributed by atoms with Gasteiger partial charge in [-0.05, 0) is 39.5 Å². The molecule has 0 spiro atoms. The molecule has 1 heterocycles. The fraction of sp³-hybridized carbons (Fsp3) is 0.429. The maximum absolute atomic E-state index is 6.14. The topological polar surface area (TPSA) is 74.2 Å². The van der Waals surface area contributed by atoms with Gasteiger partial charge >= 0.3 is 0 Å². The molecule has 0 aliphatic rings. The molecule has 2 aromatic rings. The van der Waals surface area contributed by atoms with Crippen LogP contribution in [0.3, 0.4) is 0 Å². The lowest BCUT2D eigenvalue weighted by Crippen LogP contribution is -2.27. The van der Waals surface area contributed by atoms with Crippen molar-refractivity contribution in [1.82, 2.24) is 10.1 Å². The Morgan fingerprint density at radius 1 is 1.35 bits per heavy atom. The van der Waals surface area contributed by atoms with E-state index in [9.17, 15) is 0 Å². The summed E-state index contributed by atoms with van der Waals surface area (Å²) in [7, 11) is 1.61. The second kappa shape index (κ2) is 5.54. The SMILES string of the molecule is COc1ccc(Br)c(-c2nc(C(N)C(C)(C)C)no2)c1. The van der Waals surface area contributed by atoms with Crippen LogP contribution in [-0.2, 0) is 0 Å². The Kier molecular flexibility index (Phi) is 4.15. The van der Waals surface area contributed by atoms with Gasteiger partial charge in [-0.15, -0.1) is 0 Å². The van der Waals surface area contributed by atoms with Crippen LogP contribution in [-0.4, -0.2) is 17.3 Å². The summed E-state index contributed by atoms with van der Waals surface area (Å²) in [6, 6.07) is 5.28. The Balaban J connectivity index is 2.38. The van der Waals surface area contributed by atoms with Crippen LogP contribution in [0.1, 0.15) is 32.6 Å². The Morgan fingerprint density at radius 2 is 2.05 bits per heavy atom. The van der Waals surface area contributed by atoms with Crippen molar-refractivity contribution >= 4 is 15.9 Å². The highest BCUT2D eigenvalue weighted by atomic mass is 79.9. The van der Waals surface area contributed by atoms with Crippen molar-refractivity contribution in [2.45, 2.75) is 26.8 Å². The number of nitrogens with two attached hydrogens (primary N) is 1. The molecule has 0 aliphatic carbocycles. The predicted octanol–water partition coefficient (Wildman–Crippen LogP) is 3.55. The third-order valence-corrected chi connectivity index (χ3v) is 3.75. The molecule has 20 heavy (non-hydrogen) atoms. The van der Waals surface area contributed by atoms with Gasteiger partial charge in [0.1, 0.15) is 5.75 Å². The van der Waals surface area contributed by atoms with Gasteiger partial charge < -0.3 is 15.0 Å². The Morgan fingerprint density at radius 3 is 2.65 bits per heavy atom. The molecule has 1 aromatic carbocycles. The number of hydrogen-bond donors (Lipinski definition) is 1. The molecule has 108 valence electrons. The van der Waals surface area contributed by atoms with Gasteiger partial charge in [0, 0.05) is 4.47 Å². The van der Waals surface area contributed by atoms with Crippen LogP contribution in [0.4, 0.5) is 0 Å². The molecule has 2 rings (SSSR count). The third kappa shape index (κ3) is 3.02. The normalized spacial score (nSPS) is 13.3. The van der Waals surface area contributed by atoms with Crippen LogP contribution in [0, 0.1) is 5.41 Å². The molecule has 5 nitrogen and oxygen atoms in total. The second-order valence-corrected chi connectivity index (χ2v) is 6.50. The maximum Gasteiger partial charge on any atom is 0.259 e. The van der Waals surface area contributed by atoms with Crippen LogP contribution in [0.15, 0.2) is 27.2 Å². The summed E-state index contributed by atoms with van der Waals surface area (Å²) < 4.78 is 11.4. The fourth-order valence-electron chi connectivity index (χ4n) is 1.65. The minimum absolute atomic E-state index is 0.132. The molecule has 0 aliphatic heterocycles. The van der Waals surface area contributed by atoms with Crippen LogP contribution in [0.25, 0.3) is 11.5 Å². The standard InChI is InChI=1S/C14H18BrN3O2/c1-14(2,3)11(16)12-17-13(20-18-12)9-7-8(19-4)5-6-10(9)15/h5-7,11H,16H2,1-4H3. The van der Waals surface area contributed by atoms with Gasteiger partial charge in [-0.2, -0.15) is 4.98 Å². The van der Waals surface area contributed by atoms with E-state index in [-0.39, 0.29) is 11.5 Å².